The van der Waals surface area contributed by atoms with Gasteiger partial charge in [-0.3, -0.25) is 0 Å². The molecule has 0 saturated heterocycles. The lowest BCUT2D eigenvalue weighted by molar-refractivity contribution is 0.342. The molecule has 0 fully saturated rings. The predicted molar refractivity (Wildman–Crippen MR) is 85.5 cm³/mol. The second kappa shape index (κ2) is 8.39. The number of hydrogen-bond acceptors (Lipinski definition) is 7. The van der Waals surface area contributed by atoms with Crippen LogP contribution in [0, 0.1) is 0 Å². The van der Waals surface area contributed by atoms with E-state index in [0.29, 0.717) is 6.61 Å². The van der Waals surface area contributed by atoms with Gasteiger partial charge < -0.3 is 9.47 Å². The van der Waals surface area contributed by atoms with E-state index in [1.165, 1.54) is 0 Å². The zero-order chi connectivity index (χ0) is 14.2. The topological polar surface area (TPSA) is 44.2 Å². The van der Waals surface area contributed by atoms with Crippen molar-refractivity contribution in [2.24, 2.45) is 0 Å². The Morgan fingerprint density at radius 1 is 1.05 bits per heavy atom. The summed E-state index contributed by atoms with van der Waals surface area (Å²) >= 11 is 5.04. The van der Waals surface area contributed by atoms with E-state index in [9.17, 15) is 0 Å². The van der Waals surface area contributed by atoms with Gasteiger partial charge in [-0.05, 0) is 30.0 Å². The van der Waals surface area contributed by atoms with E-state index >= 15 is 0 Å². The van der Waals surface area contributed by atoms with Crippen LogP contribution in [0.4, 0.5) is 0 Å². The van der Waals surface area contributed by atoms with E-state index in [0.717, 1.165) is 31.7 Å². The van der Waals surface area contributed by atoms with Crippen molar-refractivity contribution < 1.29 is 9.47 Å². The number of aromatic nitrogens is 2. The number of ether oxygens (including phenoxy) is 2. The fourth-order valence-electron chi connectivity index (χ4n) is 1.40. The quantitative estimate of drug-likeness (QED) is 0.542. The first kappa shape index (κ1) is 15.5. The molecule has 0 radical (unpaired) electrons. The monoisotopic (exact) mass is 328 g/mol. The molecule has 0 atom stereocenters. The van der Waals surface area contributed by atoms with Gasteiger partial charge in [0.2, 0.25) is 0 Å². The first-order valence-corrected chi connectivity index (χ1v) is 8.96. The third-order valence-corrected chi connectivity index (χ3v) is 5.33. The van der Waals surface area contributed by atoms with Crippen LogP contribution >= 0.6 is 34.9 Å². The van der Waals surface area contributed by atoms with Crippen molar-refractivity contribution in [3.05, 3.63) is 24.3 Å². The highest BCUT2D eigenvalue weighted by atomic mass is 32.2. The smallest absolute Gasteiger partial charge is 0.175 e. The minimum atomic E-state index is 0.646. The van der Waals surface area contributed by atoms with Gasteiger partial charge in [-0.1, -0.05) is 41.8 Å². The van der Waals surface area contributed by atoms with Crippen LogP contribution in [0.25, 0.3) is 0 Å². The molecule has 0 N–H and O–H groups in total. The van der Waals surface area contributed by atoms with E-state index < -0.39 is 0 Å². The lowest BCUT2D eigenvalue weighted by Crippen LogP contribution is -1.99. The second-order valence-electron chi connectivity index (χ2n) is 3.64. The molecular formula is C13H16N2O2S3. The number of hydrogen-bond donors (Lipinski definition) is 0. The van der Waals surface area contributed by atoms with Crippen molar-refractivity contribution >= 4 is 34.9 Å². The summed E-state index contributed by atoms with van der Waals surface area (Å²) in [6.07, 6.45) is 0. The molecule has 0 spiro atoms. The van der Waals surface area contributed by atoms with Gasteiger partial charge >= 0.3 is 0 Å². The standard InChI is InChI=1S/C13H16N2O2S3/c1-3-18-12-14-15-13(20-12)19-9-8-17-11-6-4-10(16-2)5-7-11/h4-7H,3,8-9H2,1-2H3. The molecular weight excluding hydrogens is 312 g/mol. The van der Waals surface area contributed by atoms with Gasteiger partial charge in [-0.25, -0.2) is 0 Å². The molecule has 1 heterocycles. The Morgan fingerprint density at radius 2 is 1.70 bits per heavy atom. The SMILES string of the molecule is CCSc1nnc(SCCOc2ccc(OC)cc2)s1. The number of methoxy groups -OCH3 is 1. The Labute approximate surface area is 131 Å². The summed E-state index contributed by atoms with van der Waals surface area (Å²) in [6.45, 7) is 2.76. The fraction of sp³-hybridized carbons (Fsp3) is 0.385. The molecule has 0 aliphatic rings. The fourth-order valence-corrected chi connectivity index (χ4v) is 4.20. The Morgan fingerprint density at radius 3 is 2.35 bits per heavy atom. The van der Waals surface area contributed by atoms with Gasteiger partial charge in [0.05, 0.1) is 13.7 Å². The molecule has 0 unspecified atom stereocenters. The minimum absolute atomic E-state index is 0.646. The minimum Gasteiger partial charge on any atom is -0.497 e. The van der Waals surface area contributed by atoms with Crippen molar-refractivity contribution in [2.75, 3.05) is 25.2 Å². The lowest BCUT2D eigenvalue weighted by atomic mass is 10.3. The van der Waals surface area contributed by atoms with Crippen LogP contribution in [0.5, 0.6) is 11.5 Å². The molecule has 20 heavy (non-hydrogen) atoms. The molecule has 7 heteroatoms. The van der Waals surface area contributed by atoms with Crippen molar-refractivity contribution in [3.63, 3.8) is 0 Å². The molecule has 0 aliphatic heterocycles. The van der Waals surface area contributed by atoms with Crippen LogP contribution in [-0.2, 0) is 0 Å². The molecule has 0 bridgehead atoms. The zero-order valence-electron chi connectivity index (χ0n) is 11.4. The van der Waals surface area contributed by atoms with Gasteiger partial charge in [0, 0.05) is 5.75 Å². The maximum atomic E-state index is 5.66. The number of nitrogens with zero attached hydrogens (tertiary/aromatic N) is 2. The van der Waals surface area contributed by atoms with Crippen molar-refractivity contribution in [1.29, 1.82) is 0 Å². The van der Waals surface area contributed by atoms with Gasteiger partial charge in [-0.2, -0.15) is 0 Å². The molecule has 1 aromatic carbocycles. The summed E-state index contributed by atoms with van der Waals surface area (Å²) in [5, 5.41) is 8.26. The van der Waals surface area contributed by atoms with Crippen LogP contribution < -0.4 is 9.47 Å². The first-order valence-electron chi connectivity index (χ1n) is 6.17. The highest BCUT2D eigenvalue weighted by Gasteiger charge is 2.04. The van der Waals surface area contributed by atoms with Crippen molar-refractivity contribution in [2.45, 2.75) is 15.6 Å². The Kier molecular flexibility index (Phi) is 6.49. The molecule has 0 saturated carbocycles. The van der Waals surface area contributed by atoms with E-state index in [-0.39, 0.29) is 0 Å². The first-order chi connectivity index (χ1) is 9.81. The summed E-state index contributed by atoms with van der Waals surface area (Å²) in [5.74, 6) is 3.57. The van der Waals surface area contributed by atoms with Crippen LogP contribution in [0.15, 0.2) is 32.9 Å². The van der Waals surface area contributed by atoms with Gasteiger partial charge in [0.15, 0.2) is 8.68 Å². The number of rotatable bonds is 8. The van der Waals surface area contributed by atoms with Crippen LogP contribution in [-0.4, -0.2) is 35.4 Å². The maximum absolute atomic E-state index is 5.66. The van der Waals surface area contributed by atoms with E-state index in [1.807, 2.05) is 24.3 Å². The Balaban J connectivity index is 1.69. The molecule has 2 aromatic rings. The summed E-state index contributed by atoms with van der Waals surface area (Å²) in [7, 11) is 1.65. The summed E-state index contributed by atoms with van der Waals surface area (Å²) in [5.41, 5.74) is 0. The third-order valence-electron chi connectivity index (χ3n) is 2.29. The van der Waals surface area contributed by atoms with E-state index in [2.05, 4.69) is 17.1 Å². The number of thioether (sulfide) groups is 2. The van der Waals surface area contributed by atoms with E-state index in [4.69, 9.17) is 9.47 Å². The van der Waals surface area contributed by atoms with Crippen molar-refractivity contribution in [3.8, 4) is 11.5 Å². The normalized spacial score (nSPS) is 10.5. The second-order valence-corrected chi connectivity index (χ2v) is 7.47. The molecule has 1 aromatic heterocycles. The van der Waals surface area contributed by atoms with Gasteiger partial charge in [-0.15, -0.1) is 10.2 Å². The predicted octanol–water partition coefficient (Wildman–Crippen LogP) is 3.83. The summed E-state index contributed by atoms with van der Waals surface area (Å²) in [6, 6.07) is 7.60. The van der Waals surface area contributed by atoms with Crippen molar-refractivity contribution in [1.82, 2.24) is 10.2 Å². The Bertz CT molecular complexity index is 517. The third kappa shape index (κ3) is 4.88. The Hall–Kier alpha value is -0.920. The van der Waals surface area contributed by atoms with Crippen LogP contribution in [0.1, 0.15) is 6.92 Å². The molecule has 0 amide bonds. The summed E-state index contributed by atoms with van der Waals surface area (Å²) < 4.78 is 12.8. The largest absolute Gasteiger partial charge is 0.497 e. The van der Waals surface area contributed by atoms with Gasteiger partial charge in [0.25, 0.3) is 0 Å². The lowest BCUT2D eigenvalue weighted by Gasteiger charge is -2.05. The van der Waals surface area contributed by atoms with Gasteiger partial charge in [0.1, 0.15) is 11.5 Å². The van der Waals surface area contributed by atoms with E-state index in [1.54, 1.807) is 42.0 Å². The molecule has 0 aliphatic carbocycles. The average molecular weight is 328 g/mol. The highest BCUT2D eigenvalue weighted by Crippen LogP contribution is 2.28. The van der Waals surface area contributed by atoms with Crippen LogP contribution in [0.2, 0.25) is 0 Å². The van der Waals surface area contributed by atoms with Crippen LogP contribution in [0.3, 0.4) is 0 Å². The highest BCUT2D eigenvalue weighted by molar-refractivity contribution is 8.03. The number of benzene rings is 1. The molecule has 4 nitrogen and oxygen atoms in total. The maximum Gasteiger partial charge on any atom is 0.175 e. The zero-order valence-corrected chi connectivity index (χ0v) is 13.8. The molecule has 108 valence electrons. The average Bonchev–Trinajstić information content (AvgIpc) is 2.92. The summed E-state index contributed by atoms with van der Waals surface area (Å²) in [4.78, 5) is 0. The molecule has 2 rings (SSSR count).